The van der Waals surface area contributed by atoms with E-state index in [1.54, 1.807) is 14.2 Å². The Hall–Kier alpha value is -1.91. The molecule has 32 heavy (non-hydrogen) atoms. The van der Waals surface area contributed by atoms with E-state index in [1.165, 1.54) is 17.7 Å². The number of halogens is 2. The van der Waals surface area contributed by atoms with Gasteiger partial charge in [0.2, 0.25) is 0 Å². The highest BCUT2D eigenvalue weighted by atomic mass is 127. The maximum Gasteiger partial charge on any atom is 0.191 e. The Labute approximate surface area is 207 Å². The molecule has 1 atom stereocenters. The molecule has 1 unspecified atom stereocenters. The monoisotopic (exact) mass is 556 g/mol. The minimum atomic E-state index is -0.216. The first-order chi connectivity index (χ1) is 15.2. The minimum absolute atomic E-state index is 0. The third-order valence-electron chi connectivity index (χ3n) is 5.52. The second kappa shape index (κ2) is 14.3. The van der Waals surface area contributed by atoms with Crippen molar-refractivity contribution in [2.75, 3.05) is 53.6 Å². The van der Waals surface area contributed by atoms with Crippen LogP contribution in [-0.2, 0) is 11.2 Å². The molecule has 0 bridgehead atoms. The van der Waals surface area contributed by atoms with E-state index in [0.717, 1.165) is 63.0 Å². The molecule has 2 aromatic carbocycles. The van der Waals surface area contributed by atoms with Gasteiger partial charge in [-0.15, -0.1) is 24.0 Å². The molecule has 0 aromatic heterocycles. The van der Waals surface area contributed by atoms with E-state index in [-0.39, 0.29) is 35.8 Å². The number of morpholine rings is 1. The fraction of sp³-hybridized carbons (Fsp3) is 0.458. The van der Waals surface area contributed by atoms with Gasteiger partial charge in [-0.3, -0.25) is 9.89 Å². The van der Waals surface area contributed by atoms with Crippen molar-refractivity contribution >= 4 is 29.9 Å². The van der Waals surface area contributed by atoms with Gasteiger partial charge in [0, 0.05) is 33.2 Å². The second-order valence-electron chi connectivity index (χ2n) is 7.55. The van der Waals surface area contributed by atoms with Crippen molar-refractivity contribution in [2.24, 2.45) is 4.99 Å². The van der Waals surface area contributed by atoms with E-state index in [4.69, 9.17) is 9.47 Å². The first-order valence-corrected chi connectivity index (χ1v) is 10.8. The minimum Gasteiger partial charge on any atom is -0.497 e. The predicted molar refractivity (Wildman–Crippen MR) is 138 cm³/mol. The standard InChI is InChI=1S/C24H33FN4O2.HI/c1-26-24(27-13-3-4-19-5-11-22(30-2)12-6-19)28-18-23(29-14-16-31-17-15-29)20-7-9-21(25)10-8-20;/h5-12,23H,3-4,13-18H2,1-2H3,(H2,26,27,28);1H. The molecule has 2 N–H and O–H groups in total. The molecule has 176 valence electrons. The molecule has 1 fully saturated rings. The molecule has 2 aromatic rings. The molecule has 1 saturated heterocycles. The Morgan fingerprint density at radius 1 is 1.09 bits per heavy atom. The van der Waals surface area contributed by atoms with Crippen LogP contribution in [0.3, 0.4) is 0 Å². The number of hydrogen-bond donors (Lipinski definition) is 2. The van der Waals surface area contributed by atoms with Gasteiger partial charge in [0.1, 0.15) is 11.6 Å². The number of nitrogens with zero attached hydrogens (tertiary/aromatic N) is 2. The van der Waals surface area contributed by atoms with Crippen LogP contribution in [0, 0.1) is 5.82 Å². The molecule has 1 heterocycles. The lowest BCUT2D eigenvalue weighted by atomic mass is 10.0. The lowest BCUT2D eigenvalue weighted by Crippen LogP contribution is -2.46. The zero-order chi connectivity index (χ0) is 21.9. The van der Waals surface area contributed by atoms with Gasteiger partial charge in [-0.25, -0.2) is 4.39 Å². The molecular formula is C24H34FIN4O2. The van der Waals surface area contributed by atoms with Crippen molar-refractivity contribution in [1.29, 1.82) is 0 Å². The molecule has 0 saturated carbocycles. The highest BCUT2D eigenvalue weighted by molar-refractivity contribution is 14.0. The molecule has 6 nitrogen and oxygen atoms in total. The van der Waals surface area contributed by atoms with Gasteiger partial charge in [0.05, 0.1) is 26.4 Å². The van der Waals surface area contributed by atoms with E-state index < -0.39 is 0 Å². The van der Waals surface area contributed by atoms with Crippen LogP contribution in [-0.4, -0.2) is 64.4 Å². The molecule has 1 aliphatic rings. The largest absolute Gasteiger partial charge is 0.497 e. The fourth-order valence-electron chi connectivity index (χ4n) is 3.74. The number of guanidine groups is 1. The number of ether oxygens (including phenoxy) is 2. The highest BCUT2D eigenvalue weighted by Crippen LogP contribution is 2.21. The van der Waals surface area contributed by atoms with Crippen molar-refractivity contribution in [2.45, 2.75) is 18.9 Å². The van der Waals surface area contributed by atoms with Crippen molar-refractivity contribution in [3.05, 3.63) is 65.5 Å². The van der Waals surface area contributed by atoms with Gasteiger partial charge >= 0.3 is 0 Å². The number of rotatable bonds is 9. The Balaban J connectivity index is 0.00000363. The fourth-order valence-corrected chi connectivity index (χ4v) is 3.74. The second-order valence-corrected chi connectivity index (χ2v) is 7.55. The SMILES string of the molecule is CN=C(NCCCc1ccc(OC)cc1)NCC(c1ccc(F)cc1)N1CCOCC1.I. The maximum atomic E-state index is 13.4. The summed E-state index contributed by atoms with van der Waals surface area (Å²) in [6.45, 7) is 4.66. The summed E-state index contributed by atoms with van der Waals surface area (Å²) in [5.41, 5.74) is 2.37. The van der Waals surface area contributed by atoms with Crippen LogP contribution < -0.4 is 15.4 Å². The van der Waals surface area contributed by atoms with Crippen LogP contribution in [0.15, 0.2) is 53.5 Å². The zero-order valence-corrected chi connectivity index (χ0v) is 21.2. The van der Waals surface area contributed by atoms with Gasteiger partial charge in [-0.1, -0.05) is 24.3 Å². The van der Waals surface area contributed by atoms with Crippen LogP contribution in [0.2, 0.25) is 0 Å². The van der Waals surface area contributed by atoms with E-state index in [9.17, 15) is 4.39 Å². The first kappa shape index (κ1) is 26.3. The zero-order valence-electron chi connectivity index (χ0n) is 18.9. The number of aryl methyl sites for hydroxylation is 1. The van der Waals surface area contributed by atoms with Crippen LogP contribution in [0.1, 0.15) is 23.6 Å². The van der Waals surface area contributed by atoms with Gasteiger partial charge in [-0.05, 0) is 48.2 Å². The smallest absolute Gasteiger partial charge is 0.191 e. The number of aliphatic imine (C=N–C) groups is 1. The third-order valence-corrected chi connectivity index (χ3v) is 5.52. The number of nitrogens with one attached hydrogen (secondary N) is 2. The Morgan fingerprint density at radius 2 is 1.78 bits per heavy atom. The molecule has 0 amide bonds. The number of methoxy groups -OCH3 is 1. The first-order valence-electron chi connectivity index (χ1n) is 10.8. The Kier molecular flexibility index (Phi) is 11.8. The summed E-state index contributed by atoms with van der Waals surface area (Å²) >= 11 is 0. The number of benzene rings is 2. The van der Waals surface area contributed by atoms with Crippen LogP contribution >= 0.6 is 24.0 Å². The van der Waals surface area contributed by atoms with Crippen LogP contribution in [0.5, 0.6) is 5.75 Å². The maximum absolute atomic E-state index is 13.4. The molecule has 8 heteroatoms. The van der Waals surface area contributed by atoms with E-state index in [2.05, 4.69) is 32.7 Å². The average molecular weight is 556 g/mol. The third kappa shape index (κ3) is 8.22. The summed E-state index contributed by atoms with van der Waals surface area (Å²) in [4.78, 5) is 6.73. The summed E-state index contributed by atoms with van der Waals surface area (Å²) in [7, 11) is 3.46. The highest BCUT2D eigenvalue weighted by Gasteiger charge is 2.23. The summed E-state index contributed by atoms with van der Waals surface area (Å²) in [6.07, 6.45) is 1.98. The lowest BCUT2D eigenvalue weighted by Gasteiger charge is -2.35. The molecule has 3 rings (SSSR count). The molecule has 0 aliphatic carbocycles. The van der Waals surface area contributed by atoms with Gasteiger partial charge in [0.15, 0.2) is 5.96 Å². The van der Waals surface area contributed by atoms with Crippen molar-refractivity contribution in [3.63, 3.8) is 0 Å². The average Bonchev–Trinajstić information content (AvgIpc) is 2.82. The summed E-state index contributed by atoms with van der Waals surface area (Å²) in [5, 5.41) is 6.83. The van der Waals surface area contributed by atoms with Crippen molar-refractivity contribution < 1.29 is 13.9 Å². The summed E-state index contributed by atoms with van der Waals surface area (Å²) in [6, 6.07) is 15.1. The van der Waals surface area contributed by atoms with E-state index in [1.807, 2.05) is 24.3 Å². The Bertz CT molecular complexity index is 812. The van der Waals surface area contributed by atoms with Crippen LogP contribution in [0.25, 0.3) is 0 Å². The quantitative estimate of drug-likeness (QED) is 0.214. The normalized spacial score (nSPS) is 15.5. The van der Waals surface area contributed by atoms with Crippen molar-refractivity contribution in [1.82, 2.24) is 15.5 Å². The van der Waals surface area contributed by atoms with Gasteiger partial charge in [-0.2, -0.15) is 0 Å². The predicted octanol–water partition coefficient (Wildman–Crippen LogP) is 3.62. The van der Waals surface area contributed by atoms with E-state index >= 15 is 0 Å². The summed E-state index contributed by atoms with van der Waals surface area (Å²) < 4.78 is 24.1. The number of hydrogen-bond acceptors (Lipinski definition) is 4. The van der Waals surface area contributed by atoms with Gasteiger partial charge < -0.3 is 20.1 Å². The van der Waals surface area contributed by atoms with Crippen molar-refractivity contribution in [3.8, 4) is 5.75 Å². The molecule has 0 spiro atoms. The Morgan fingerprint density at radius 3 is 2.41 bits per heavy atom. The molecule has 1 aliphatic heterocycles. The van der Waals surface area contributed by atoms with E-state index in [0.29, 0.717) is 6.54 Å². The van der Waals surface area contributed by atoms with Crippen LogP contribution in [0.4, 0.5) is 4.39 Å². The molecular weight excluding hydrogens is 522 g/mol. The molecule has 0 radical (unpaired) electrons. The van der Waals surface area contributed by atoms with Gasteiger partial charge in [0.25, 0.3) is 0 Å². The summed E-state index contributed by atoms with van der Waals surface area (Å²) in [5.74, 6) is 1.43. The topological polar surface area (TPSA) is 58.1 Å². The lowest BCUT2D eigenvalue weighted by molar-refractivity contribution is 0.0170.